The molecule has 116 valence electrons. The lowest BCUT2D eigenvalue weighted by Crippen LogP contribution is -2.51. The van der Waals surface area contributed by atoms with Gasteiger partial charge in [-0.1, -0.05) is 6.92 Å². The highest BCUT2D eigenvalue weighted by Gasteiger charge is 2.45. The van der Waals surface area contributed by atoms with Gasteiger partial charge in [-0.25, -0.2) is 0 Å². The van der Waals surface area contributed by atoms with E-state index < -0.39 is 5.54 Å². The van der Waals surface area contributed by atoms with Crippen molar-refractivity contribution in [1.29, 1.82) is 5.26 Å². The third kappa shape index (κ3) is 2.79. The first-order valence-corrected chi connectivity index (χ1v) is 8.24. The topological polar surface area (TPSA) is 68.2 Å². The number of carbonyl (C=O) groups excluding carboxylic acids is 1. The second kappa shape index (κ2) is 5.58. The Morgan fingerprint density at radius 2 is 2.24 bits per heavy atom. The lowest BCUT2D eigenvalue weighted by Gasteiger charge is -2.28. The first-order valence-electron chi connectivity index (χ1n) is 8.24. The summed E-state index contributed by atoms with van der Waals surface area (Å²) in [6, 6.07) is 2.81. The number of likely N-dealkylation sites (tertiary alicyclic amines) is 1. The van der Waals surface area contributed by atoms with Crippen molar-refractivity contribution in [3.05, 3.63) is 0 Å². The van der Waals surface area contributed by atoms with Gasteiger partial charge in [-0.3, -0.25) is 9.69 Å². The number of hydrogen-bond acceptors (Lipinski definition) is 4. The second-order valence-corrected chi connectivity index (χ2v) is 7.12. The summed E-state index contributed by atoms with van der Waals surface area (Å²) in [5.41, 5.74) is -0.671. The highest BCUT2D eigenvalue weighted by atomic mass is 16.2. The molecule has 0 aromatic rings. The molecule has 1 aliphatic carbocycles. The molecule has 1 saturated carbocycles. The van der Waals surface area contributed by atoms with Crippen LogP contribution >= 0.6 is 0 Å². The number of nitrogens with zero attached hydrogens (tertiary/aromatic N) is 2. The zero-order valence-electron chi connectivity index (χ0n) is 13.1. The number of rotatable bonds is 5. The van der Waals surface area contributed by atoms with Gasteiger partial charge in [-0.05, 0) is 57.0 Å². The van der Waals surface area contributed by atoms with Crippen LogP contribution in [0.1, 0.15) is 33.1 Å². The molecule has 4 unspecified atom stereocenters. The predicted octanol–water partition coefficient (Wildman–Crippen LogP) is 0.725. The number of fused-ring (bicyclic) bond motifs is 1. The van der Waals surface area contributed by atoms with Crippen LogP contribution in [0.25, 0.3) is 0 Å². The first kappa shape index (κ1) is 14.8. The Bertz CT molecular complexity index is 456. The Morgan fingerprint density at radius 3 is 2.86 bits per heavy atom. The molecule has 3 aliphatic rings. The third-order valence-corrected chi connectivity index (χ3v) is 5.61. The molecule has 5 nitrogen and oxygen atoms in total. The van der Waals surface area contributed by atoms with Gasteiger partial charge in [-0.15, -0.1) is 0 Å². The third-order valence-electron chi connectivity index (χ3n) is 5.61. The van der Waals surface area contributed by atoms with Crippen molar-refractivity contribution in [2.24, 2.45) is 17.8 Å². The average Bonchev–Trinajstić information content (AvgIpc) is 3.14. The largest absolute Gasteiger partial charge is 0.337 e. The molecule has 3 rings (SSSR count). The van der Waals surface area contributed by atoms with Gasteiger partial charge in [0.2, 0.25) is 5.91 Å². The maximum Gasteiger partial charge on any atom is 0.235 e. The molecule has 2 heterocycles. The van der Waals surface area contributed by atoms with Crippen LogP contribution in [0, 0.1) is 29.1 Å². The van der Waals surface area contributed by atoms with Crippen LogP contribution in [0.15, 0.2) is 0 Å². The molecule has 2 aliphatic heterocycles. The monoisotopic (exact) mass is 290 g/mol. The van der Waals surface area contributed by atoms with Crippen LogP contribution in [0.2, 0.25) is 0 Å². The summed E-state index contributed by atoms with van der Waals surface area (Å²) in [5, 5.41) is 15.8. The fraction of sp³-hybridized carbons (Fsp3) is 0.875. The zero-order valence-corrected chi connectivity index (χ0v) is 13.1. The van der Waals surface area contributed by atoms with E-state index in [2.05, 4.69) is 28.5 Å². The molecule has 0 radical (unpaired) electrons. The number of nitrogens with one attached hydrogen (secondary N) is 2. The van der Waals surface area contributed by atoms with Crippen molar-refractivity contribution in [3.63, 3.8) is 0 Å². The van der Waals surface area contributed by atoms with Crippen LogP contribution in [0.3, 0.4) is 0 Å². The Balaban J connectivity index is 1.58. The molecule has 0 bridgehead atoms. The maximum atomic E-state index is 12.4. The molecule has 2 N–H and O–H groups in total. The molecule has 1 amide bonds. The van der Waals surface area contributed by atoms with E-state index in [0.717, 1.165) is 38.9 Å². The summed E-state index contributed by atoms with van der Waals surface area (Å²) in [6.07, 6.45) is 3.21. The molecule has 0 spiro atoms. The second-order valence-electron chi connectivity index (χ2n) is 7.12. The quantitative estimate of drug-likeness (QED) is 0.783. The van der Waals surface area contributed by atoms with Crippen molar-refractivity contribution in [1.82, 2.24) is 15.5 Å². The molecule has 0 aromatic carbocycles. The minimum Gasteiger partial charge on any atom is -0.337 e. The molecular weight excluding hydrogens is 264 g/mol. The van der Waals surface area contributed by atoms with E-state index in [1.54, 1.807) is 0 Å². The highest BCUT2D eigenvalue weighted by Crippen LogP contribution is 2.39. The van der Waals surface area contributed by atoms with E-state index in [-0.39, 0.29) is 5.91 Å². The number of carbonyl (C=O) groups is 1. The molecular formula is C16H26N4O. The van der Waals surface area contributed by atoms with E-state index in [4.69, 9.17) is 0 Å². The number of hydrogen-bond donors (Lipinski definition) is 2. The van der Waals surface area contributed by atoms with E-state index in [9.17, 15) is 10.1 Å². The van der Waals surface area contributed by atoms with Gasteiger partial charge in [-0.2, -0.15) is 5.26 Å². The van der Waals surface area contributed by atoms with Crippen LogP contribution in [0.5, 0.6) is 0 Å². The van der Waals surface area contributed by atoms with Gasteiger partial charge in [0.15, 0.2) is 0 Å². The Hall–Kier alpha value is -1.12. The van der Waals surface area contributed by atoms with E-state index in [1.807, 2.05) is 6.92 Å². The summed E-state index contributed by atoms with van der Waals surface area (Å²) >= 11 is 0. The highest BCUT2D eigenvalue weighted by molar-refractivity contribution is 5.79. The summed E-state index contributed by atoms with van der Waals surface area (Å²) in [5.74, 6) is 1.73. The van der Waals surface area contributed by atoms with Crippen molar-refractivity contribution in [3.8, 4) is 6.07 Å². The van der Waals surface area contributed by atoms with E-state index in [0.29, 0.717) is 30.3 Å². The SMILES string of the molecule is CCC1C2CNCC2CN1CC(=O)NC(C)(C#N)C1CC1. The molecule has 3 fully saturated rings. The fourth-order valence-electron chi connectivity index (χ4n) is 4.25. The Morgan fingerprint density at radius 1 is 1.48 bits per heavy atom. The molecule has 5 heteroatoms. The van der Waals surface area contributed by atoms with Gasteiger partial charge < -0.3 is 10.6 Å². The molecule has 4 atom stereocenters. The zero-order chi connectivity index (χ0) is 15.0. The molecule has 2 saturated heterocycles. The van der Waals surface area contributed by atoms with Crippen LogP contribution < -0.4 is 10.6 Å². The summed E-state index contributed by atoms with van der Waals surface area (Å²) < 4.78 is 0. The smallest absolute Gasteiger partial charge is 0.235 e. The van der Waals surface area contributed by atoms with Gasteiger partial charge in [0.05, 0.1) is 12.6 Å². The first-order chi connectivity index (χ1) is 10.1. The van der Waals surface area contributed by atoms with Gasteiger partial charge in [0.25, 0.3) is 0 Å². The maximum absolute atomic E-state index is 12.4. The van der Waals surface area contributed by atoms with Crippen LogP contribution in [-0.2, 0) is 4.79 Å². The summed E-state index contributed by atoms with van der Waals surface area (Å²) in [4.78, 5) is 14.7. The van der Waals surface area contributed by atoms with Crippen molar-refractivity contribution in [2.75, 3.05) is 26.2 Å². The fourth-order valence-corrected chi connectivity index (χ4v) is 4.25. The Labute approximate surface area is 127 Å². The Kier molecular flexibility index (Phi) is 3.94. The van der Waals surface area contributed by atoms with Crippen molar-refractivity contribution < 1.29 is 4.79 Å². The standard InChI is InChI=1S/C16H26N4O/c1-3-14-13-7-18-6-11(13)8-20(14)9-15(21)19-16(2,10-17)12-4-5-12/h11-14,18H,3-9H2,1-2H3,(H,19,21). The minimum atomic E-state index is -0.671. The minimum absolute atomic E-state index is 0.0114. The summed E-state index contributed by atoms with van der Waals surface area (Å²) in [6.45, 7) is 7.69. The lowest BCUT2D eigenvalue weighted by atomic mass is 9.93. The van der Waals surface area contributed by atoms with Gasteiger partial charge >= 0.3 is 0 Å². The van der Waals surface area contributed by atoms with Crippen LogP contribution in [0.4, 0.5) is 0 Å². The average molecular weight is 290 g/mol. The molecule has 21 heavy (non-hydrogen) atoms. The van der Waals surface area contributed by atoms with Crippen LogP contribution in [-0.4, -0.2) is 48.6 Å². The lowest BCUT2D eigenvalue weighted by molar-refractivity contribution is -0.124. The summed E-state index contributed by atoms with van der Waals surface area (Å²) in [7, 11) is 0. The van der Waals surface area contributed by atoms with E-state index in [1.165, 1.54) is 0 Å². The van der Waals surface area contributed by atoms with Gasteiger partial charge in [0.1, 0.15) is 5.54 Å². The normalized spacial score (nSPS) is 35.0. The number of amides is 1. The predicted molar refractivity (Wildman–Crippen MR) is 80.4 cm³/mol. The number of nitriles is 1. The van der Waals surface area contributed by atoms with Gasteiger partial charge in [0, 0.05) is 12.6 Å². The van der Waals surface area contributed by atoms with E-state index >= 15 is 0 Å². The van der Waals surface area contributed by atoms with Crippen molar-refractivity contribution in [2.45, 2.75) is 44.7 Å². The molecule has 0 aromatic heterocycles. The van der Waals surface area contributed by atoms with Crippen molar-refractivity contribution >= 4 is 5.91 Å².